The van der Waals surface area contributed by atoms with Crippen molar-refractivity contribution in [2.75, 3.05) is 31.1 Å². The zero-order valence-corrected chi connectivity index (χ0v) is 20.3. The summed E-state index contributed by atoms with van der Waals surface area (Å²) in [6.07, 6.45) is 7.66. The number of aliphatic hydroxyl groups is 2. The van der Waals surface area contributed by atoms with E-state index in [2.05, 4.69) is 26.3 Å². The molecule has 2 saturated heterocycles. The first kappa shape index (κ1) is 25.3. The van der Waals surface area contributed by atoms with Crippen molar-refractivity contribution in [3.63, 3.8) is 0 Å². The van der Waals surface area contributed by atoms with E-state index in [1.165, 1.54) is 19.0 Å². The maximum absolute atomic E-state index is 9.97. The Morgan fingerprint density at radius 1 is 0.800 bits per heavy atom. The number of anilines is 1. The van der Waals surface area contributed by atoms with Crippen molar-refractivity contribution >= 4 is 17.4 Å². The lowest BCUT2D eigenvalue weighted by Gasteiger charge is -2.36. The first-order chi connectivity index (χ1) is 17.0. The molecule has 6 atom stereocenters. The molecule has 8 nitrogen and oxygen atoms in total. The van der Waals surface area contributed by atoms with Crippen LogP contribution < -0.4 is 10.2 Å². The minimum Gasteiger partial charge on any atom is -0.392 e. The lowest BCUT2D eigenvalue weighted by molar-refractivity contribution is 0.0700. The van der Waals surface area contributed by atoms with Crippen LogP contribution in [0.4, 0.5) is 5.82 Å². The standard InChI is InChI=1S/C13H15N3O.C7H13NO.C6H3ClN2/c14-5-9-1-4-12(15-6-9)16-7-10-2-3-11(8-16)13(10)17;9-7-5-1-2-6(7)4-8-3-5;7-6-2-1-5(3-8)4-9-6/h1,4,6,10-11,13,17H,2-3,7-8H2;5-9H,1-4H2;1-2,4H/t10-,11+,13?;5-,6+,7?;. The van der Waals surface area contributed by atoms with E-state index in [9.17, 15) is 10.2 Å². The summed E-state index contributed by atoms with van der Waals surface area (Å²) < 4.78 is 0. The average molecular weight is 495 g/mol. The van der Waals surface area contributed by atoms with E-state index in [0.29, 0.717) is 40.0 Å². The van der Waals surface area contributed by atoms with Gasteiger partial charge in [-0.3, -0.25) is 0 Å². The van der Waals surface area contributed by atoms with Gasteiger partial charge < -0.3 is 20.4 Å². The number of fused-ring (bicyclic) bond motifs is 4. The van der Waals surface area contributed by atoms with Crippen LogP contribution in [0.3, 0.4) is 0 Å². The summed E-state index contributed by atoms with van der Waals surface area (Å²) in [4.78, 5) is 10.2. The van der Waals surface area contributed by atoms with Crippen molar-refractivity contribution in [1.82, 2.24) is 15.3 Å². The first-order valence-corrected chi connectivity index (χ1v) is 12.6. The minimum absolute atomic E-state index is 0.0197. The molecule has 4 bridgehead atoms. The summed E-state index contributed by atoms with van der Waals surface area (Å²) >= 11 is 5.45. The average Bonchev–Trinajstić information content (AvgIpc) is 3.20. The smallest absolute Gasteiger partial charge is 0.129 e. The predicted octanol–water partition coefficient (Wildman–Crippen LogP) is 2.74. The van der Waals surface area contributed by atoms with Crippen LogP contribution in [-0.2, 0) is 0 Å². The molecule has 2 aromatic rings. The highest BCUT2D eigenvalue weighted by atomic mass is 35.5. The lowest BCUT2D eigenvalue weighted by Crippen LogP contribution is -2.45. The number of nitrogens with one attached hydrogen (secondary N) is 1. The monoisotopic (exact) mass is 494 g/mol. The Labute approximate surface area is 211 Å². The highest BCUT2D eigenvalue weighted by Gasteiger charge is 2.41. The molecule has 4 fully saturated rings. The maximum atomic E-state index is 9.97. The fourth-order valence-electron chi connectivity index (χ4n) is 5.52. The van der Waals surface area contributed by atoms with Gasteiger partial charge in [-0.2, -0.15) is 10.5 Å². The van der Waals surface area contributed by atoms with E-state index in [0.717, 1.165) is 44.8 Å². The van der Waals surface area contributed by atoms with Gasteiger partial charge in [0, 0.05) is 50.4 Å². The number of halogens is 1. The Bertz CT molecular complexity index is 1020. The van der Waals surface area contributed by atoms with E-state index in [4.69, 9.17) is 22.1 Å². The highest BCUT2D eigenvalue weighted by Crippen LogP contribution is 2.38. The fraction of sp³-hybridized carbons (Fsp3) is 0.538. The van der Waals surface area contributed by atoms with Crippen molar-refractivity contribution in [3.05, 3.63) is 52.9 Å². The molecule has 9 heteroatoms. The molecule has 2 aromatic heterocycles. The third-order valence-electron chi connectivity index (χ3n) is 7.53. The Balaban J connectivity index is 0.000000136. The number of pyridine rings is 2. The van der Waals surface area contributed by atoms with Gasteiger partial charge in [0.05, 0.1) is 23.3 Å². The van der Waals surface area contributed by atoms with Crippen molar-refractivity contribution in [2.24, 2.45) is 23.7 Å². The zero-order chi connectivity index (χ0) is 24.8. The third-order valence-corrected chi connectivity index (χ3v) is 7.75. The summed E-state index contributed by atoms with van der Waals surface area (Å²) in [6, 6.07) is 10.9. The SMILES string of the molecule is N#Cc1ccc(Cl)nc1.N#Cc1ccc(N2C[C@H]3CC[C@@H](C2)C3O)nc1.OC1[C@@H]2CC[C@H]1CNC2. The molecule has 2 saturated carbocycles. The van der Waals surface area contributed by atoms with Crippen LogP contribution in [0.5, 0.6) is 0 Å². The summed E-state index contributed by atoms with van der Waals surface area (Å²) in [5.41, 5.74) is 1.12. The molecule has 2 unspecified atom stereocenters. The van der Waals surface area contributed by atoms with Gasteiger partial charge in [-0.15, -0.1) is 0 Å². The molecule has 35 heavy (non-hydrogen) atoms. The minimum atomic E-state index is -0.121. The second kappa shape index (κ2) is 11.8. The Hall–Kier alpha value is -2.75. The quantitative estimate of drug-likeness (QED) is 0.516. The number of nitrogens with zero attached hydrogens (tertiary/aromatic N) is 5. The fourth-order valence-corrected chi connectivity index (χ4v) is 5.63. The summed E-state index contributed by atoms with van der Waals surface area (Å²) in [7, 11) is 0. The van der Waals surface area contributed by atoms with E-state index in [1.807, 2.05) is 12.1 Å². The van der Waals surface area contributed by atoms with E-state index in [1.54, 1.807) is 24.4 Å². The topological polar surface area (TPSA) is 129 Å². The van der Waals surface area contributed by atoms with Gasteiger partial charge in [0.2, 0.25) is 0 Å². The first-order valence-electron chi connectivity index (χ1n) is 12.2. The second-order valence-electron chi connectivity index (χ2n) is 9.74. The molecule has 4 aliphatic rings. The van der Waals surface area contributed by atoms with Gasteiger partial charge in [0.15, 0.2) is 0 Å². The van der Waals surface area contributed by atoms with Crippen LogP contribution in [0, 0.1) is 46.3 Å². The van der Waals surface area contributed by atoms with Gasteiger partial charge in [-0.25, -0.2) is 9.97 Å². The van der Waals surface area contributed by atoms with Crippen molar-refractivity contribution in [2.45, 2.75) is 37.9 Å². The van der Waals surface area contributed by atoms with E-state index < -0.39 is 0 Å². The second-order valence-corrected chi connectivity index (χ2v) is 10.1. The normalized spacial score (nSPS) is 30.1. The van der Waals surface area contributed by atoms with Gasteiger partial charge >= 0.3 is 0 Å². The molecule has 4 heterocycles. The molecule has 0 radical (unpaired) electrons. The third kappa shape index (κ3) is 6.28. The molecule has 2 aliphatic carbocycles. The van der Waals surface area contributed by atoms with Crippen LogP contribution in [0.2, 0.25) is 5.15 Å². The summed E-state index contributed by atoms with van der Waals surface area (Å²) in [5, 5.41) is 40.2. The van der Waals surface area contributed by atoms with Crippen LogP contribution >= 0.6 is 11.6 Å². The number of piperidine rings is 2. The molecule has 0 aromatic carbocycles. The number of hydrogen-bond donors (Lipinski definition) is 3. The largest absolute Gasteiger partial charge is 0.392 e. The van der Waals surface area contributed by atoms with Crippen molar-refractivity contribution in [1.29, 1.82) is 10.5 Å². The summed E-state index contributed by atoms with van der Waals surface area (Å²) in [6.45, 7) is 3.85. The molecule has 0 amide bonds. The van der Waals surface area contributed by atoms with Crippen LogP contribution in [0.25, 0.3) is 0 Å². The summed E-state index contributed by atoms with van der Waals surface area (Å²) in [5.74, 6) is 2.86. The molecular formula is C26H31ClN6O2. The predicted molar refractivity (Wildman–Crippen MR) is 132 cm³/mol. The van der Waals surface area contributed by atoms with Gasteiger partial charge in [0.25, 0.3) is 0 Å². The van der Waals surface area contributed by atoms with Crippen LogP contribution in [0.1, 0.15) is 36.8 Å². The molecule has 3 N–H and O–H groups in total. The molecule has 2 aliphatic heterocycles. The van der Waals surface area contributed by atoms with Gasteiger partial charge in [-0.05, 0) is 61.8 Å². The van der Waals surface area contributed by atoms with E-state index >= 15 is 0 Å². The maximum Gasteiger partial charge on any atom is 0.129 e. The number of nitriles is 2. The zero-order valence-electron chi connectivity index (χ0n) is 19.6. The molecule has 6 rings (SSSR count). The Morgan fingerprint density at radius 3 is 1.77 bits per heavy atom. The van der Waals surface area contributed by atoms with Crippen molar-refractivity contribution in [3.8, 4) is 12.1 Å². The van der Waals surface area contributed by atoms with Crippen molar-refractivity contribution < 1.29 is 10.2 Å². The lowest BCUT2D eigenvalue weighted by atomic mass is 9.95. The molecule has 0 spiro atoms. The molecular weight excluding hydrogens is 464 g/mol. The van der Waals surface area contributed by atoms with E-state index in [-0.39, 0.29) is 12.2 Å². The van der Waals surface area contributed by atoms with Crippen LogP contribution in [-0.4, -0.2) is 58.6 Å². The van der Waals surface area contributed by atoms with Gasteiger partial charge in [-0.1, -0.05) is 11.6 Å². The number of aromatic nitrogens is 2. The molecule has 184 valence electrons. The Morgan fingerprint density at radius 2 is 1.31 bits per heavy atom. The number of hydrogen-bond acceptors (Lipinski definition) is 8. The number of aliphatic hydroxyl groups excluding tert-OH is 2. The Kier molecular flexibility index (Phi) is 8.54. The van der Waals surface area contributed by atoms with Crippen LogP contribution in [0.15, 0.2) is 36.7 Å². The van der Waals surface area contributed by atoms with Gasteiger partial charge in [0.1, 0.15) is 23.1 Å². The number of rotatable bonds is 1. The highest BCUT2D eigenvalue weighted by molar-refractivity contribution is 6.29.